The van der Waals surface area contributed by atoms with E-state index in [1.165, 1.54) is 47.5 Å². The highest BCUT2D eigenvalue weighted by Gasteiger charge is 2.59. The molecule has 8 nitrogen and oxygen atoms in total. The highest BCUT2D eigenvalue weighted by molar-refractivity contribution is 6.36. The second-order valence-electron chi connectivity index (χ2n) is 6.35. The maximum atomic E-state index is 12.9. The van der Waals surface area contributed by atoms with E-state index in [4.69, 9.17) is 0 Å². The van der Waals surface area contributed by atoms with Crippen molar-refractivity contribution in [1.29, 1.82) is 0 Å². The molecule has 3 rings (SSSR count). The number of hydrogen-bond acceptors (Lipinski definition) is 6. The molecule has 2 aliphatic rings. The minimum absolute atomic E-state index is 0.0395. The number of benzene rings is 1. The molecule has 27 heavy (non-hydrogen) atoms. The second-order valence-corrected chi connectivity index (χ2v) is 6.35. The standard InChI is InChI=1S/C19H19N3O5/c1-2-21-10-11-22(17(27)16(21)26)19(13-24,14-4-6-15(25)7-5-14)18(12-23)8-3-9-20-18/h3-9,12-13,25H,2,10-11H2,1H3. The number of rotatable bonds is 6. The van der Waals surface area contributed by atoms with Crippen LogP contribution < -0.4 is 0 Å². The molecule has 2 aliphatic heterocycles. The zero-order valence-electron chi connectivity index (χ0n) is 14.7. The van der Waals surface area contributed by atoms with Gasteiger partial charge in [-0.2, -0.15) is 0 Å². The molecule has 1 saturated heterocycles. The van der Waals surface area contributed by atoms with Crippen molar-refractivity contribution in [2.24, 2.45) is 4.99 Å². The van der Waals surface area contributed by atoms with Crippen molar-refractivity contribution < 1.29 is 24.3 Å². The first kappa shape index (κ1) is 18.5. The van der Waals surface area contributed by atoms with Crippen LogP contribution in [0.5, 0.6) is 5.75 Å². The van der Waals surface area contributed by atoms with E-state index >= 15 is 0 Å². The van der Waals surface area contributed by atoms with Gasteiger partial charge in [0.05, 0.1) is 0 Å². The monoisotopic (exact) mass is 369 g/mol. The summed E-state index contributed by atoms with van der Waals surface area (Å²) in [5, 5.41) is 9.61. The molecular weight excluding hydrogens is 350 g/mol. The van der Waals surface area contributed by atoms with Crippen LogP contribution in [0.15, 0.2) is 41.4 Å². The van der Waals surface area contributed by atoms with Gasteiger partial charge in [-0.15, -0.1) is 0 Å². The number of phenols is 1. The molecule has 0 aliphatic carbocycles. The Labute approximate surface area is 155 Å². The van der Waals surface area contributed by atoms with Gasteiger partial charge < -0.3 is 24.5 Å². The fourth-order valence-corrected chi connectivity index (χ4v) is 3.64. The fourth-order valence-electron chi connectivity index (χ4n) is 3.64. The van der Waals surface area contributed by atoms with Gasteiger partial charge >= 0.3 is 11.8 Å². The van der Waals surface area contributed by atoms with Crippen molar-refractivity contribution >= 4 is 30.6 Å². The molecule has 2 heterocycles. The molecule has 2 atom stereocenters. The van der Waals surface area contributed by atoms with Gasteiger partial charge in [-0.1, -0.05) is 12.1 Å². The van der Waals surface area contributed by atoms with Gasteiger partial charge in [0, 0.05) is 25.8 Å². The maximum Gasteiger partial charge on any atom is 0.313 e. The van der Waals surface area contributed by atoms with Crippen molar-refractivity contribution in [2.45, 2.75) is 18.0 Å². The summed E-state index contributed by atoms with van der Waals surface area (Å²) in [4.78, 5) is 56.7. The molecule has 0 aromatic heterocycles. The summed E-state index contributed by atoms with van der Waals surface area (Å²) in [6.07, 6.45) is 5.31. The van der Waals surface area contributed by atoms with Crippen LogP contribution in [-0.2, 0) is 24.7 Å². The summed E-state index contributed by atoms with van der Waals surface area (Å²) < 4.78 is 0. The molecule has 0 saturated carbocycles. The lowest BCUT2D eigenvalue weighted by molar-refractivity contribution is -0.164. The third-order valence-corrected chi connectivity index (χ3v) is 5.11. The number of aromatic hydroxyl groups is 1. The van der Waals surface area contributed by atoms with Crippen molar-refractivity contribution in [3.63, 3.8) is 0 Å². The first-order chi connectivity index (χ1) is 13.0. The van der Waals surface area contributed by atoms with Crippen LogP contribution in [0.25, 0.3) is 0 Å². The highest BCUT2D eigenvalue weighted by Crippen LogP contribution is 2.42. The predicted molar refractivity (Wildman–Crippen MR) is 96.2 cm³/mol. The second kappa shape index (κ2) is 6.79. The van der Waals surface area contributed by atoms with E-state index in [-0.39, 0.29) is 24.4 Å². The quantitative estimate of drug-likeness (QED) is 0.563. The third kappa shape index (κ3) is 2.56. The number of likely N-dealkylation sites (N-methyl/N-ethyl adjacent to an activating group) is 1. The van der Waals surface area contributed by atoms with Crippen LogP contribution in [0.1, 0.15) is 12.5 Å². The average Bonchev–Trinajstić information content (AvgIpc) is 3.18. The molecule has 1 aromatic rings. The number of allylic oxidation sites excluding steroid dienone is 1. The largest absolute Gasteiger partial charge is 0.508 e. The molecule has 140 valence electrons. The molecule has 8 heteroatoms. The minimum Gasteiger partial charge on any atom is -0.508 e. The summed E-state index contributed by atoms with van der Waals surface area (Å²) in [5.74, 6) is -1.65. The van der Waals surface area contributed by atoms with Crippen LogP contribution in [0.4, 0.5) is 0 Å². The Morgan fingerprint density at radius 1 is 1.19 bits per heavy atom. The SMILES string of the molecule is CCN1CCN(C(C=O)(c2ccc(O)cc2)C2(C=O)C=CC=N2)C(=O)C1=O. The van der Waals surface area contributed by atoms with Crippen LogP contribution >= 0.6 is 0 Å². The van der Waals surface area contributed by atoms with Gasteiger partial charge in [0.2, 0.25) is 0 Å². The summed E-state index contributed by atoms with van der Waals surface area (Å²) >= 11 is 0. The Balaban J connectivity index is 2.23. The van der Waals surface area contributed by atoms with Crippen LogP contribution in [-0.4, -0.2) is 70.7 Å². The molecule has 2 amide bonds. The Morgan fingerprint density at radius 3 is 2.41 bits per heavy atom. The van der Waals surface area contributed by atoms with Crippen LogP contribution in [0.2, 0.25) is 0 Å². The summed E-state index contributed by atoms with van der Waals surface area (Å²) in [5.41, 5.74) is -3.27. The third-order valence-electron chi connectivity index (χ3n) is 5.11. The zero-order valence-corrected chi connectivity index (χ0v) is 14.7. The number of aldehydes is 2. The van der Waals surface area contributed by atoms with Crippen LogP contribution in [0, 0.1) is 0 Å². The first-order valence-electron chi connectivity index (χ1n) is 8.52. The van der Waals surface area contributed by atoms with E-state index in [2.05, 4.69) is 4.99 Å². The lowest BCUT2D eigenvalue weighted by atomic mass is 9.72. The van der Waals surface area contributed by atoms with Gasteiger partial charge in [-0.3, -0.25) is 14.6 Å². The Kier molecular flexibility index (Phi) is 4.65. The first-order valence-corrected chi connectivity index (χ1v) is 8.52. The van der Waals surface area contributed by atoms with E-state index in [1.54, 1.807) is 6.92 Å². The normalized spacial score (nSPS) is 24.2. The number of carbonyl (C=O) groups is 4. The number of hydrogen-bond donors (Lipinski definition) is 1. The fraction of sp³-hybridized carbons (Fsp3) is 0.316. The molecule has 1 fully saturated rings. The average molecular weight is 369 g/mol. The lowest BCUT2D eigenvalue weighted by Crippen LogP contribution is -2.68. The van der Waals surface area contributed by atoms with E-state index < -0.39 is 22.9 Å². The van der Waals surface area contributed by atoms with Gasteiger partial charge in [0.15, 0.2) is 23.7 Å². The number of piperazine rings is 1. The van der Waals surface area contributed by atoms with Crippen molar-refractivity contribution in [3.05, 3.63) is 42.0 Å². The Hall–Kier alpha value is -3.29. The van der Waals surface area contributed by atoms with E-state index in [0.717, 1.165) is 4.90 Å². The highest BCUT2D eigenvalue weighted by atomic mass is 16.3. The van der Waals surface area contributed by atoms with E-state index in [0.29, 0.717) is 19.1 Å². The maximum absolute atomic E-state index is 12.9. The zero-order chi connectivity index (χ0) is 19.7. The number of nitrogens with zero attached hydrogens (tertiary/aromatic N) is 3. The molecule has 1 N–H and O–H groups in total. The van der Waals surface area contributed by atoms with Gasteiger partial charge in [-0.25, -0.2) is 0 Å². The summed E-state index contributed by atoms with van der Waals surface area (Å²) in [7, 11) is 0. The summed E-state index contributed by atoms with van der Waals surface area (Å²) in [6, 6.07) is 5.59. The van der Waals surface area contributed by atoms with Crippen molar-refractivity contribution in [1.82, 2.24) is 9.80 Å². The van der Waals surface area contributed by atoms with Gasteiger partial charge in [-0.05, 0) is 36.8 Å². The van der Waals surface area contributed by atoms with Gasteiger partial charge in [0.1, 0.15) is 5.75 Å². The number of phenolic OH excluding ortho intramolecular Hbond substituents is 1. The van der Waals surface area contributed by atoms with Crippen molar-refractivity contribution in [2.75, 3.05) is 19.6 Å². The molecule has 2 unspecified atom stereocenters. The topological polar surface area (TPSA) is 107 Å². The van der Waals surface area contributed by atoms with Crippen LogP contribution in [0.3, 0.4) is 0 Å². The lowest BCUT2D eigenvalue weighted by Gasteiger charge is -2.49. The molecular formula is C19H19N3O5. The smallest absolute Gasteiger partial charge is 0.313 e. The number of amides is 2. The molecule has 1 aromatic carbocycles. The number of carbonyl (C=O) groups excluding carboxylic acids is 4. The molecule has 0 spiro atoms. The van der Waals surface area contributed by atoms with Crippen molar-refractivity contribution in [3.8, 4) is 5.75 Å². The minimum atomic E-state index is -1.85. The predicted octanol–water partition coefficient (Wildman–Crippen LogP) is 0.0554. The summed E-state index contributed by atoms with van der Waals surface area (Å²) in [6.45, 7) is 2.42. The molecule has 0 radical (unpaired) electrons. The Morgan fingerprint density at radius 2 is 1.89 bits per heavy atom. The van der Waals surface area contributed by atoms with E-state index in [9.17, 15) is 24.3 Å². The Bertz CT molecular complexity index is 833. The molecule has 0 bridgehead atoms. The van der Waals surface area contributed by atoms with E-state index in [1.807, 2.05) is 0 Å². The number of aliphatic imine (C=N–C) groups is 1. The van der Waals surface area contributed by atoms with Gasteiger partial charge in [0.25, 0.3) is 0 Å².